The van der Waals surface area contributed by atoms with Crippen molar-refractivity contribution in [2.24, 2.45) is 5.16 Å². The first-order chi connectivity index (χ1) is 18.4. The van der Waals surface area contributed by atoms with E-state index in [0.29, 0.717) is 29.0 Å². The molecular formula is C31H27N3O4. The van der Waals surface area contributed by atoms with Crippen LogP contribution in [0.25, 0.3) is 21.8 Å². The zero-order chi connectivity index (χ0) is 26.8. The predicted octanol–water partition coefficient (Wildman–Crippen LogP) is 7.05. The molecule has 0 spiro atoms. The van der Waals surface area contributed by atoms with Gasteiger partial charge in [0.15, 0.2) is 5.78 Å². The fourth-order valence-electron chi connectivity index (χ4n) is 4.86. The molecule has 1 heterocycles. The molecule has 0 atom stereocenters. The Kier molecular flexibility index (Phi) is 6.75. The van der Waals surface area contributed by atoms with Crippen LogP contribution in [0.5, 0.6) is 0 Å². The van der Waals surface area contributed by atoms with Crippen LogP contribution in [-0.2, 0) is 11.4 Å². The standard InChI is InChI=1S/C31H27N3O4/c1-4-33-28-16-12-22(30(32-38-5-2)21-10-14-24(15-11-21)34(36)37)18-26(28)27-19-23(13-17-29(27)33)31(35)25-9-7-6-8-20(25)3/h6-19H,4-5H2,1-3H3/b32-30+. The van der Waals surface area contributed by atoms with Crippen LogP contribution in [-0.4, -0.2) is 27.6 Å². The zero-order valence-corrected chi connectivity index (χ0v) is 21.5. The van der Waals surface area contributed by atoms with Crippen molar-refractivity contribution < 1.29 is 14.6 Å². The van der Waals surface area contributed by atoms with E-state index in [1.165, 1.54) is 12.1 Å². The van der Waals surface area contributed by atoms with Gasteiger partial charge in [-0.2, -0.15) is 0 Å². The summed E-state index contributed by atoms with van der Waals surface area (Å²) in [6.45, 7) is 7.05. The number of non-ortho nitro benzene ring substituents is 1. The minimum atomic E-state index is -0.426. The van der Waals surface area contributed by atoms with Gasteiger partial charge in [0.2, 0.25) is 0 Å². The van der Waals surface area contributed by atoms with Gasteiger partial charge >= 0.3 is 0 Å². The van der Waals surface area contributed by atoms with Gasteiger partial charge in [0.1, 0.15) is 12.3 Å². The second-order valence-corrected chi connectivity index (χ2v) is 9.01. The Morgan fingerprint density at radius 3 is 2.08 bits per heavy atom. The third-order valence-electron chi connectivity index (χ3n) is 6.74. The van der Waals surface area contributed by atoms with Crippen LogP contribution in [0.3, 0.4) is 0 Å². The number of rotatable bonds is 8. The number of carbonyl (C=O) groups is 1. The molecule has 38 heavy (non-hydrogen) atoms. The number of oxime groups is 1. The lowest BCUT2D eigenvalue weighted by molar-refractivity contribution is -0.384. The molecular weight excluding hydrogens is 478 g/mol. The Hall–Kier alpha value is -4.78. The average Bonchev–Trinajstić information content (AvgIpc) is 3.25. The molecule has 190 valence electrons. The van der Waals surface area contributed by atoms with Gasteiger partial charge < -0.3 is 9.40 Å². The monoisotopic (exact) mass is 505 g/mol. The lowest BCUT2D eigenvalue weighted by Crippen LogP contribution is -2.05. The van der Waals surface area contributed by atoms with Gasteiger partial charge in [0.05, 0.1) is 4.92 Å². The predicted molar refractivity (Wildman–Crippen MR) is 150 cm³/mol. The highest BCUT2D eigenvalue weighted by atomic mass is 16.6. The van der Waals surface area contributed by atoms with Gasteiger partial charge in [0, 0.05) is 62.7 Å². The van der Waals surface area contributed by atoms with Gasteiger partial charge in [-0.05, 0) is 68.8 Å². The van der Waals surface area contributed by atoms with Crippen molar-refractivity contribution in [3.8, 4) is 0 Å². The number of aromatic nitrogens is 1. The van der Waals surface area contributed by atoms with E-state index in [1.807, 2.05) is 74.5 Å². The van der Waals surface area contributed by atoms with E-state index in [-0.39, 0.29) is 11.5 Å². The number of nitro groups is 1. The minimum Gasteiger partial charge on any atom is -0.396 e. The maximum Gasteiger partial charge on any atom is 0.269 e. The van der Waals surface area contributed by atoms with Crippen LogP contribution in [0.1, 0.15) is 46.5 Å². The summed E-state index contributed by atoms with van der Waals surface area (Å²) in [6.07, 6.45) is 0. The Balaban J connectivity index is 1.67. The van der Waals surface area contributed by atoms with Crippen molar-refractivity contribution in [1.82, 2.24) is 4.57 Å². The highest BCUT2D eigenvalue weighted by Crippen LogP contribution is 2.32. The van der Waals surface area contributed by atoms with Crippen molar-refractivity contribution in [2.45, 2.75) is 27.3 Å². The van der Waals surface area contributed by atoms with E-state index in [2.05, 4.69) is 16.6 Å². The number of nitrogens with zero attached hydrogens (tertiary/aromatic N) is 3. The summed E-state index contributed by atoms with van der Waals surface area (Å²) in [5.41, 5.74) is 6.46. The topological polar surface area (TPSA) is 86.7 Å². The van der Waals surface area contributed by atoms with E-state index >= 15 is 0 Å². The number of nitro benzene ring substituents is 1. The SMILES string of the molecule is CCO/N=C(\c1ccc([N+](=O)[O-])cc1)c1ccc2c(c1)c1cc(C(=O)c3ccccc3C)ccc1n2CC. The van der Waals surface area contributed by atoms with Crippen molar-refractivity contribution in [1.29, 1.82) is 0 Å². The van der Waals surface area contributed by atoms with Gasteiger partial charge in [0.25, 0.3) is 5.69 Å². The maximum atomic E-state index is 13.4. The summed E-state index contributed by atoms with van der Waals surface area (Å²) in [5, 5.41) is 17.5. The molecule has 0 radical (unpaired) electrons. The summed E-state index contributed by atoms with van der Waals surface area (Å²) in [4.78, 5) is 29.5. The van der Waals surface area contributed by atoms with Crippen LogP contribution in [0.15, 0.2) is 90.1 Å². The number of carbonyl (C=O) groups excluding carboxylic acids is 1. The third kappa shape index (κ3) is 4.43. The quantitative estimate of drug-likeness (QED) is 0.0978. The van der Waals surface area contributed by atoms with E-state index in [0.717, 1.165) is 39.5 Å². The third-order valence-corrected chi connectivity index (χ3v) is 6.74. The smallest absolute Gasteiger partial charge is 0.269 e. The van der Waals surface area contributed by atoms with Gasteiger partial charge in [-0.25, -0.2) is 0 Å². The minimum absolute atomic E-state index is 0.0110. The van der Waals surface area contributed by atoms with Crippen molar-refractivity contribution >= 4 is 39.0 Å². The molecule has 0 N–H and O–H groups in total. The molecule has 0 aliphatic heterocycles. The second kappa shape index (κ2) is 10.3. The second-order valence-electron chi connectivity index (χ2n) is 9.01. The van der Waals surface area contributed by atoms with Crippen LogP contribution in [0.2, 0.25) is 0 Å². The Labute approximate surface area is 220 Å². The molecule has 0 saturated heterocycles. The molecule has 0 aliphatic rings. The molecule has 1 aromatic heterocycles. The van der Waals surface area contributed by atoms with Crippen LogP contribution in [0.4, 0.5) is 5.69 Å². The molecule has 0 saturated carbocycles. The summed E-state index contributed by atoms with van der Waals surface area (Å²) in [6, 6.07) is 25.8. The summed E-state index contributed by atoms with van der Waals surface area (Å²) < 4.78 is 2.22. The van der Waals surface area contributed by atoms with Crippen molar-refractivity contribution in [3.63, 3.8) is 0 Å². The average molecular weight is 506 g/mol. The summed E-state index contributed by atoms with van der Waals surface area (Å²) in [5.74, 6) is -0.0111. The molecule has 0 aliphatic carbocycles. The summed E-state index contributed by atoms with van der Waals surface area (Å²) in [7, 11) is 0. The maximum absolute atomic E-state index is 13.4. The molecule has 7 heteroatoms. The highest BCUT2D eigenvalue weighted by Gasteiger charge is 2.18. The number of benzene rings is 4. The first-order valence-corrected chi connectivity index (χ1v) is 12.5. The molecule has 5 rings (SSSR count). The van der Waals surface area contributed by atoms with Gasteiger partial charge in [-0.1, -0.05) is 35.5 Å². The number of hydrogen-bond donors (Lipinski definition) is 0. The molecule has 5 aromatic rings. The number of hydrogen-bond acceptors (Lipinski definition) is 5. The van der Waals surface area contributed by atoms with E-state index in [4.69, 9.17) is 4.84 Å². The van der Waals surface area contributed by atoms with Crippen LogP contribution in [0, 0.1) is 17.0 Å². The van der Waals surface area contributed by atoms with Gasteiger partial charge in [-0.3, -0.25) is 14.9 Å². The van der Waals surface area contributed by atoms with Crippen LogP contribution >= 0.6 is 0 Å². The Morgan fingerprint density at radius 2 is 1.47 bits per heavy atom. The Bertz CT molecular complexity index is 1720. The van der Waals surface area contributed by atoms with Gasteiger partial charge in [-0.15, -0.1) is 0 Å². The fourth-order valence-corrected chi connectivity index (χ4v) is 4.86. The molecule has 0 unspecified atom stereocenters. The number of aryl methyl sites for hydroxylation is 2. The zero-order valence-electron chi connectivity index (χ0n) is 21.5. The largest absolute Gasteiger partial charge is 0.396 e. The van der Waals surface area contributed by atoms with E-state index in [9.17, 15) is 14.9 Å². The molecule has 0 amide bonds. The molecule has 4 aromatic carbocycles. The lowest BCUT2D eigenvalue weighted by Gasteiger charge is -2.08. The summed E-state index contributed by atoms with van der Waals surface area (Å²) >= 11 is 0. The first-order valence-electron chi connectivity index (χ1n) is 12.5. The van der Waals surface area contributed by atoms with E-state index < -0.39 is 4.92 Å². The molecule has 0 fully saturated rings. The van der Waals surface area contributed by atoms with Crippen molar-refractivity contribution in [2.75, 3.05) is 6.61 Å². The normalized spacial score (nSPS) is 11.7. The number of fused-ring (bicyclic) bond motifs is 3. The fraction of sp³-hybridized carbons (Fsp3) is 0.161. The lowest BCUT2D eigenvalue weighted by atomic mass is 9.97. The first kappa shape index (κ1) is 24.9. The number of ketones is 1. The van der Waals surface area contributed by atoms with E-state index in [1.54, 1.807) is 12.1 Å². The Morgan fingerprint density at radius 1 is 0.868 bits per heavy atom. The van der Waals surface area contributed by atoms with Crippen LogP contribution < -0.4 is 0 Å². The highest BCUT2D eigenvalue weighted by molar-refractivity contribution is 6.18. The molecule has 0 bridgehead atoms. The molecule has 7 nitrogen and oxygen atoms in total. The van der Waals surface area contributed by atoms with Crippen molar-refractivity contribution in [3.05, 3.63) is 123 Å².